The van der Waals surface area contributed by atoms with Crippen LogP contribution in [0.25, 0.3) is 0 Å². The second-order valence-electron chi connectivity index (χ2n) is 7.93. The Morgan fingerprint density at radius 1 is 0.774 bits per heavy atom. The molecule has 0 aliphatic rings. The van der Waals surface area contributed by atoms with Gasteiger partial charge in [-0.2, -0.15) is 0 Å². The molecule has 2 aromatic carbocycles. The minimum absolute atomic E-state index is 0.205. The van der Waals surface area contributed by atoms with Crippen LogP contribution in [-0.2, 0) is 9.84 Å². The molecule has 0 spiro atoms. The molecule has 0 aliphatic carbocycles. The molecule has 0 atom stereocenters. The second-order valence-corrected chi connectivity index (χ2v) is 9.87. The van der Waals surface area contributed by atoms with Crippen LogP contribution in [-0.4, -0.2) is 31.4 Å². The largest absolute Gasteiger partial charge is 0.379 e. The van der Waals surface area contributed by atoms with Crippen LogP contribution in [0.5, 0.6) is 0 Å². The Kier molecular flexibility index (Phi) is 7.55. The monoisotopic (exact) mass is 450 g/mol. The first-order valence-corrected chi connectivity index (χ1v) is 11.2. The van der Waals surface area contributed by atoms with Crippen molar-refractivity contribution in [3.05, 3.63) is 56.6 Å². The maximum atomic E-state index is 13.1. The third-order valence-corrected chi connectivity index (χ3v) is 6.10. The minimum atomic E-state index is -4.21. The molecule has 0 heterocycles. The summed E-state index contributed by atoms with van der Waals surface area (Å²) in [6.07, 6.45) is 0. The van der Waals surface area contributed by atoms with Gasteiger partial charge in [-0.05, 0) is 36.1 Å². The molecule has 0 bridgehead atoms. The lowest BCUT2D eigenvalue weighted by molar-refractivity contribution is -0.384. The van der Waals surface area contributed by atoms with Crippen LogP contribution < -0.4 is 10.6 Å². The molecule has 0 radical (unpaired) electrons. The van der Waals surface area contributed by atoms with Crippen molar-refractivity contribution < 1.29 is 18.3 Å². The lowest BCUT2D eigenvalue weighted by Gasteiger charge is -2.12. The zero-order valence-corrected chi connectivity index (χ0v) is 18.6. The first-order chi connectivity index (χ1) is 14.4. The third-order valence-electron chi connectivity index (χ3n) is 4.35. The van der Waals surface area contributed by atoms with E-state index in [0.29, 0.717) is 13.1 Å². The van der Waals surface area contributed by atoms with E-state index in [1.54, 1.807) is 0 Å². The van der Waals surface area contributed by atoms with Gasteiger partial charge in [-0.15, -0.1) is 0 Å². The number of anilines is 2. The molecule has 0 aliphatic heterocycles. The van der Waals surface area contributed by atoms with E-state index >= 15 is 0 Å². The molecule has 11 heteroatoms. The topological polar surface area (TPSA) is 144 Å². The lowest BCUT2D eigenvalue weighted by atomic mass is 10.2. The Labute approximate surface area is 180 Å². The molecular formula is C20H26N4O6S. The van der Waals surface area contributed by atoms with Crippen molar-refractivity contribution in [3.63, 3.8) is 0 Å². The molecule has 0 saturated heterocycles. The Hall–Kier alpha value is -3.21. The summed E-state index contributed by atoms with van der Waals surface area (Å²) in [4.78, 5) is 21.0. The van der Waals surface area contributed by atoms with Gasteiger partial charge in [0.25, 0.3) is 11.4 Å². The van der Waals surface area contributed by atoms with Crippen molar-refractivity contribution in [3.8, 4) is 0 Å². The quantitative estimate of drug-likeness (QED) is 0.398. The highest BCUT2D eigenvalue weighted by Gasteiger charge is 2.26. The van der Waals surface area contributed by atoms with Crippen molar-refractivity contribution in [2.75, 3.05) is 23.7 Å². The van der Waals surface area contributed by atoms with Crippen molar-refractivity contribution in [1.82, 2.24) is 0 Å². The van der Waals surface area contributed by atoms with Gasteiger partial charge in [0.05, 0.1) is 19.6 Å². The second kappa shape index (κ2) is 9.73. The van der Waals surface area contributed by atoms with Crippen LogP contribution in [0.3, 0.4) is 0 Å². The molecule has 0 unspecified atom stereocenters. The number of hydrogen-bond donors (Lipinski definition) is 2. The average Bonchev–Trinajstić information content (AvgIpc) is 2.70. The number of nitro benzene ring substituents is 2. The summed E-state index contributed by atoms with van der Waals surface area (Å²) >= 11 is 0. The van der Waals surface area contributed by atoms with E-state index in [0.717, 1.165) is 12.1 Å². The molecule has 31 heavy (non-hydrogen) atoms. The molecule has 168 valence electrons. The molecule has 2 rings (SSSR count). The van der Waals surface area contributed by atoms with Crippen LogP contribution >= 0.6 is 0 Å². The van der Waals surface area contributed by atoms with Crippen LogP contribution in [0, 0.1) is 32.1 Å². The Morgan fingerprint density at radius 2 is 1.13 bits per heavy atom. The predicted octanol–water partition coefficient (Wildman–Crippen LogP) is 4.47. The summed E-state index contributed by atoms with van der Waals surface area (Å²) < 4.78 is 26.1. The zero-order chi connectivity index (χ0) is 23.3. The summed E-state index contributed by atoms with van der Waals surface area (Å²) in [5.41, 5.74) is -0.355. The standard InChI is InChI=1S/C20H26N4O6S/c1-13(2)11-21-17-7-5-15(9-19(17)23(25)26)31(29,30)16-6-8-18(22-12-14(3)4)20(10-16)24(27)28/h5-10,13-14,21-22H,11-12H2,1-4H3. The van der Waals surface area contributed by atoms with Crippen LogP contribution in [0.4, 0.5) is 22.7 Å². The molecule has 0 amide bonds. The van der Waals surface area contributed by atoms with E-state index in [4.69, 9.17) is 0 Å². The minimum Gasteiger partial charge on any atom is -0.379 e. The highest BCUT2D eigenvalue weighted by molar-refractivity contribution is 7.91. The number of nitro groups is 2. The summed E-state index contributed by atoms with van der Waals surface area (Å²) in [5, 5.41) is 28.8. The summed E-state index contributed by atoms with van der Waals surface area (Å²) in [6, 6.07) is 7.10. The zero-order valence-electron chi connectivity index (χ0n) is 17.8. The van der Waals surface area contributed by atoms with Crippen LogP contribution in [0.15, 0.2) is 46.2 Å². The van der Waals surface area contributed by atoms with Gasteiger partial charge >= 0.3 is 0 Å². The maximum absolute atomic E-state index is 13.1. The number of nitrogens with one attached hydrogen (secondary N) is 2. The van der Waals surface area contributed by atoms with E-state index in [-0.39, 0.29) is 44.4 Å². The van der Waals surface area contributed by atoms with Gasteiger partial charge in [-0.1, -0.05) is 27.7 Å². The molecule has 2 aromatic rings. The molecule has 10 nitrogen and oxygen atoms in total. The first kappa shape index (κ1) is 24.1. The summed E-state index contributed by atoms with van der Waals surface area (Å²) in [7, 11) is -4.21. The SMILES string of the molecule is CC(C)CNc1ccc(S(=O)(=O)c2ccc(NCC(C)C)c([N+](=O)[O-])c2)cc1[N+](=O)[O-]. The molecular weight excluding hydrogens is 424 g/mol. The van der Waals surface area contributed by atoms with Gasteiger partial charge in [0.15, 0.2) is 0 Å². The molecule has 0 saturated carbocycles. The smallest absolute Gasteiger partial charge is 0.293 e. The van der Waals surface area contributed by atoms with Crippen molar-refractivity contribution in [2.24, 2.45) is 11.8 Å². The molecule has 2 N–H and O–H groups in total. The van der Waals surface area contributed by atoms with E-state index in [1.807, 2.05) is 27.7 Å². The van der Waals surface area contributed by atoms with Crippen LogP contribution in [0.1, 0.15) is 27.7 Å². The Bertz CT molecular complexity index is 1000. The van der Waals surface area contributed by atoms with Gasteiger partial charge in [0, 0.05) is 25.2 Å². The fourth-order valence-electron chi connectivity index (χ4n) is 2.72. The third kappa shape index (κ3) is 5.91. The highest BCUT2D eigenvalue weighted by Crippen LogP contribution is 2.34. The van der Waals surface area contributed by atoms with Gasteiger partial charge in [0.2, 0.25) is 9.84 Å². The first-order valence-electron chi connectivity index (χ1n) is 9.73. The number of rotatable bonds is 10. The van der Waals surface area contributed by atoms with E-state index in [1.165, 1.54) is 24.3 Å². The Balaban J connectivity index is 2.49. The number of sulfone groups is 1. The Morgan fingerprint density at radius 3 is 1.42 bits per heavy atom. The van der Waals surface area contributed by atoms with Gasteiger partial charge in [-0.25, -0.2) is 8.42 Å². The predicted molar refractivity (Wildman–Crippen MR) is 118 cm³/mol. The van der Waals surface area contributed by atoms with Gasteiger partial charge in [0.1, 0.15) is 11.4 Å². The summed E-state index contributed by atoms with van der Waals surface area (Å²) in [6.45, 7) is 8.69. The fourth-order valence-corrected chi connectivity index (χ4v) is 4.02. The molecule has 0 fully saturated rings. The highest BCUT2D eigenvalue weighted by atomic mass is 32.2. The summed E-state index contributed by atoms with van der Waals surface area (Å²) in [5.74, 6) is 0.456. The van der Waals surface area contributed by atoms with Crippen molar-refractivity contribution >= 4 is 32.6 Å². The average molecular weight is 451 g/mol. The number of hydrogen-bond acceptors (Lipinski definition) is 8. The number of nitrogens with zero attached hydrogens (tertiary/aromatic N) is 2. The van der Waals surface area contributed by atoms with E-state index in [9.17, 15) is 28.6 Å². The normalized spacial score (nSPS) is 11.5. The van der Waals surface area contributed by atoms with E-state index in [2.05, 4.69) is 10.6 Å². The molecule has 0 aromatic heterocycles. The van der Waals surface area contributed by atoms with Crippen molar-refractivity contribution in [2.45, 2.75) is 37.5 Å². The van der Waals surface area contributed by atoms with Crippen LogP contribution in [0.2, 0.25) is 0 Å². The maximum Gasteiger partial charge on any atom is 0.293 e. The van der Waals surface area contributed by atoms with E-state index < -0.39 is 19.7 Å². The van der Waals surface area contributed by atoms with Crippen molar-refractivity contribution in [1.29, 1.82) is 0 Å². The lowest BCUT2D eigenvalue weighted by Crippen LogP contribution is -2.11. The van der Waals surface area contributed by atoms with Gasteiger partial charge in [-0.3, -0.25) is 20.2 Å². The number of benzene rings is 2. The van der Waals surface area contributed by atoms with Gasteiger partial charge < -0.3 is 10.6 Å². The fraction of sp³-hybridized carbons (Fsp3) is 0.400.